The van der Waals surface area contributed by atoms with Crippen molar-refractivity contribution in [3.8, 4) is 0 Å². The van der Waals surface area contributed by atoms with E-state index in [4.69, 9.17) is 13.9 Å². The van der Waals surface area contributed by atoms with Crippen LogP contribution in [0.25, 0.3) is 0 Å². The monoisotopic (exact) mass is 212 g/mol. The fourth-order valence-electron chi connectivity index (χ4n) is 1.07. The molecule has 1 aromatic heterocycles. The molecule has 1 aromatic rings. The third-order valence-electron chi connectivity index (χ3n) is 1.76. The van der Waals surface area contributed by atoms with Gasteiger partial charge in [-0.15, -0.1) is 0 Å². The molecule has 0 unspecified atom stereocenters. The van der Waals surface area contributed by atoms with Crippen LogP contribution >= 0.6 is 0 Å². The Bertz CT molecular complexity index is 280. The van der Waals surface area contributed by atoms with Crippen LogP contribution < -0.4 is 0 Å². The summed E-state index contributed by atoms with van der Waals surface area (Å²) in [4.78, 5) is 10.3. The van der Waals surface area contributed by atoms with Gasteiger partial charge in [-0.05, 0) is 18.6 Å². The Hall–Kier alpha value is -1.13. The van der Waals surface area contributed by atoms with E-state index >= 15 is 0 Å². The van der Waals surface area contributed by atoms with Gasteiger partial charge < -0.3 is 13.9 Å². The first-order valence-corrected chi connectivity index (χ1v) is 5.06. The van der Waals surface area contributed by atoms with Crippen LogP contribution in [0.1, 0.15) is 29.7 Å². The topological polar surface area (TPSA) is 48.7 Å². The SMILES string of the molecule is CCCOCCOCc1ccc(C=O)o1. The van der Waals surface area contributed by atoms with Crippen LogP contribution in [0.4, 0.5) is 0 Å². The number of carbonyl (C=O) groups excluding carboxylic acids is 1. The first-order chi connectivity index (χ1) is 7.36. The zero-order chi connectivity index (χ0) is 10.9. The van der Waals surface area contributed by atoms with Gasteiger partial charge in [0.2, 0.25) is 0 Å². The Kier molecular flexibility index (Phi) is 5.73. The summed E-state index contributed by atoms with van der Waals surface area (Å²) in [5.41, 5.74) is 0. The smallest absolute Gasteiger partial charge is 0.185 e. The van der Waals surface area contributed by atoms with E-state index in [0.29, 0.717) is 37.6 Å². The van der Waals surface area contributed by atoms with Crippen LogP contribution in [0.2, 0.25) is 0 Å². The van der Waals surface area contributed by atoms with E-state index in [2.05, 4.69) is 6.92 Å². The average Bonchev–Trinajstić information content (AvgIpc) is 2.71. The summed E-state index contributed by atoms with van der Waals surface area (Å²) < 4.78 is 15.7. The Morgan fingerprint density at radius 1 is 1.27 bits per heavy atom. The molecular weight excluding hydrogens is 196 g/mol. The van der Waals surface area contributed by atoms with Gasteiger partial charge >= 0.3 is 0 Å². The number of hydrogen-bond acceptors (Lipinski definition) is 4. The van der Waals surface area contributed by atoms with Gasteiger partial charge in [0.1, 0.15) is 12.4 Å². The molecule has 0 bridgehead atoms. The maximum atomic E-state index is 10.3. The maximum absolute atomic E-state index is 10.3. The predicted octanol–water partition coefficient (Wildman–Crippen LogP) is 2.04. The number of rotatable bonds is 8. The normalized spacial score (nSPS) is 10.5. The van der Waals surface area contributed by atoms with Gasteiger partial charge in [-0.25, -0.2) is 0 Å². The summed E-state index contributed by atoms with van der Waals surface area (Å²) >= 11 is 0. The molecular formula is C11H16O4. The van der Waals surface area contributed by atoms with Crippen molar-refractivity contribution in [2.24, 2.45) is 0 Å². The van der Waals surface area contributed by atoms with Gasteiger partial charge in [-0.3, -0.25) is 4.79 Å². The number of furan rings is 1. The Balaban J connectivity index is 2.07. The molecule has 0 aromatic carbocycles. The minimum atomic E-state index is 0.329. The molecule has 15 heavy (non-hydrogen) atoms. The molecule has 4 heteroatoms. The highest BCUT2D eigenvalue weighted by molar-refractivity contribution is 5.70. The second-order valence-electron chi connectivity index (χ2n) is 3.09. The first kappa shape index (κ1) is 11.9. The van der Waals surface area contributed by atoms with Crippen molar-refractivity contribution in [3.63, 3.8) is 0 Å². The van der Waals surface area contributed by atoms with Crippen LogP contribution in [0.15, 0.2) is 16.5 Å². The molecule has 1 rings (SSSR count). The zero-order valence-corrected chi connectivity index (χ0v) is 8.90. The third kappa shape index (κ3) is 4.76. The minimum absolute atomic E-state index is 0.329. The van der Waals surface area contributed by atoms with Gasteiger partial charge in [0, 0.05) is 6.61 Å². The maximum Gasteiger partial charge on any atom is 0.185 e. The summed E-state index contributed by atoms with van der Waals surface area (Å²) in [7, 11) is 0. The van der Waals surface area contributed by atoms with E-state index < -0.39 is 0 Å². The number of ether oxygens (including phenoxy) is 2. The van der Waals surface area contributed by atoms with Crippen molar-refractivity contribution in [1.82, 2.24) is 0 Å². The fourth-order valence-corrected chi connectivity index (χ4v) is 1.07. The fraction of sp³-hybridized carbons (Fsp3) is 0.545. The van der Waals surface area contributed by atoms with E-state index in [-0.39, 0.29) is 0 Å². The molecule has 0 aliphatic heterocycles. The van der Waals surface area contributed by atoms with E-state index in [9.17, 15) is 4.79 Å². The summed E-state index contributed by atoms with van der Waals surface area (Å²) in [5.74, 6) is 0.989. The molecule has 0 fully saturated rings. The summed E-state index contributed by atoms with van der Waals surface area (Å²) in [6.45, 7) is 4.33. The van der Waals surface area contributed by atoms with Crippen LogP contribution in [-0.2, 0) is 16.1 Å². The van der Waals surface area contributed by atoms with Crippen molar-refractivity contribution in [2.45, 2.75) is 20.0 Å². The number of carbonyl (C=O) groups is 1. The van der Waals surface area contributed by atoms with Gasteiger partial charge in [0.15, 0.2) is 12.0 Å². The molecule has 0 radical (unpaired) electrons. The first-order valence-electron chi connectivity index (χ1n) is 5.06. The second kappa shape index (κ2) is 7.20. The molecule has 0 N–H and O–H groups in total. The Morgan fingerprint density at radius 3 is 2.73 bits per heavy atom. The standard InChI is InChI=1S/C11H16O4/c1-2-5-13-6-7-14-9-11-4-3-10(8-12)15-11/h3-4,8H,2,5-7,9H2,1H3. The summed E-state index contributed by atoms with van der Waals surface area (Å²) in [6.07, 6.45) is 1.69. The molecule has 0 spiro atoms. The Morgan fingerprint density at radius 2 is 2.07 bits per heavy atom. The highest BCUT2D eigenvalue weighted by atomic mass is 16.5. The molecule has 0 aliphatic rings. The number of hydrogen-bond donors (Lipinski definition) is 0. The predicted molar refractivity (Wildman–Crippen MR) is 54.9 cm³/mol. The van der Waals surface area contributed by atoms with Crippen LogP contribution in [0, 0.1) is 0 Å². The lowest BCUT2D eigenvalue weighted by atomic mass is 10.4. The van der Waals surface area contributed by atoms with Gasteiger partial charge in [0.25, 0.3) is 0 Å². The Labute approximate surface area is 89.2 Å². The molecule has 0 aliphatic carbocycles. The quantitative estimate of drug-likeness (QED) is 0.488. The molecule has 1 heterocycles. The van der Waals surface area contributed by atoms with Crippen LogP contribution in [0.3, 0.4) is 0 Å². The highest BCUT2D eigenvalue weighted by Crippen LogP contribution is 2.06. The summed E-state index contributed by atoms with van der Waals surface area (Å²) in [6, 6.07) is 3.36. The van der Waals surface area contributed by atoms with Crippen molar-refractivity contribution in [2.75, 3.05) is 19.8 Å². The third-order valence-corrected chi connectivity index (χ3v) is 1.76. The van der Waals surface area contributed by atoms with Crippen LogP contribution in [0.5, 0.6) is 0 Å². The van der Waals surface area contributed by atoms with Gasteiger partial charge in [-0.1, -0.05) is 6.92 Å². The van der Waals surface area contributed by atoms with E-state index in [1.165, 1.54) is 0 Å². The van der Waals surface area contributed by atoms with Gasteiger partial charge in [-0.2, -0.15) is 0 Å². The molecule has 0 atom stereocenters. The van der Waals surface area contributed by atoms with Crippen LogP contribution in [-0.4, -0.2) is 26.1 Å². The zero-order valence-electron chi connectivity index (χ0n) is 8.90. The van der Waals surface area contributed by atoms with E-state index in [0.717, 1.165) is 13.0 Å². The number of aldehydes is 1. The molecule has 0 saturated carbocycles. The van der Waals surface area contributed by atoms with Crippen molar-refractivity contribution in [3.05, 3.63) is 23.7 Å². The van der Waals surface area contributed by atoms with Crippen molar-refractivity contribution in [1.29, 1.82) is 0 Å². The van der Waals surface area contributed by atoms with Crippen molar-refractivity contribution >= 4 is 6.29 Å². The average molecular weight is 212 g/mol. The lowest BCUT2D eigenvalue weighted by Crippen LogP contribution is -2.04. The minimum Gasteiger partial charge on any atom is -0.456 e. The molecule has 4 nitrogen and oxygen atoms in total. The van der Waals surface area contributed by atoms with E-state index in [1.807, 2.05) is 0 Å². The lowest BCUT2D eigenvalue weighted by Gasteiger charge is -2.02. The van der Waals surface area contributed by atoms with Gasteiger partial charge in [0.05, 0.1) is 13.2 Å². The lowest BCUT2D eigenvalue weighted by molar-refractivity contribution is 0.0347. The summed E-state index contributed by atoms with van der Waals surface area (Å²) in [5, 5.41) is 0. The van der Waals surface area contributed by atoms with E-state index in [1.54, 1.807) is 12.1 Å². The highest BCUT2D eigenvalue weighted by Gasteiger charge is 2.00. The molecule has 84 valence electrons. The molecule has 0 saturated heterocycles. The second-order valence-corrected chi connectivity index (χ2v) is 3.09. The van der Waals surface area contributed by atoms with Crippen molar-refractivity contribution < 1.29 is 18.7 Å². The molecule has 0 amide bonds. The largest absolute Gasteiger partial charge is 0.456 e.